The van der Waals surface area contributed by atoms with Gasteiger partial charge in [0.2, 0.25) is 0 Å². The highest BCUT2D eigenvalue weighted by Crippen LogP contribution is 2.51. The van der Waals surface area contributed by atoms with Gasteiger partial charge in [0.15, 0.2) is 0 Å². The lowest BCUT2D eigenvalue weighted by atomic mass is 10.0. The molecule has 1 heterocycles. The minimum Gasteiger partial charge on any atom is -0.444 e. The Morgan fingerprint density at radius 3 is 2.23 bits per heavy atom. The zero-order valence-corrected chi connectivity index (χ0v) is 15.9. The van der Waals surface area contributed by atoms with Crippen LogP contribution in [0.25, 0.3) is 0 Å². The van der Waals surface area contributed by atoms with Gasteiger partial charge in [-0.3, -0.25) is 4.57 Å². The number of thioether (sulfide) groups is 1. The molecule has 0 spiro atoms. The summed E-state index contributed by atoms with van der Waals surface area (Å²) in [7, 11) is -2.97. The van der Waals surface area contributed by atoms with Crippen molar-refractivity contribution in [2.45, 2.75) is 40.2 Å². The van der Waals surface area contributed by atoms with Crippen LogP contribution in [0.15, 0.2) is 0 Å². The van der Waals surface area contributed by atoms with Gasteiger partial charge >= 0.3 is 13.7 Å². The summed E-state index contributed by atoms with van der Waals surface area (Å²) < 4.78 is 28.1. The molecule has 0 saturated carbocycles. The highest BCUT2D eigenvalue weighted by molar-refractivity contribution is 8.04. The smallest absolute Gasteiger partial charge is 0.410 e. The van der Waals surface area contributed by atoms with E-state index in [-0.39, 0.29) is 6.09 Å². The van der Waals surface area contributed by atoms with Crippen LogP contribution in [0.4, 0.5) is 4.79 Å². The van der Waals surface area contributed by atoms with Crippen LogP contribution in [-0.2, 0) is 18.3 Å². The van der Waals surface area contributed by atoms with Crippen molar-refractivity contribution in [1.82, 2.24) is 4.90 Å². The lowest BCUT2D eigenvalue weighted by Crippen LogP contribution is -2.52. The first-order chi connectivity index (χ1) is 10.2. The van der Waals surface area contributed by atoms with E-state index in [9.17, 15) is 9.36 Å². The van der Waals surface area contributed by atoms with Gasteiger partial charge in [-0.1, -0.05) is 0 Å². The molecular weight excluding hydrogens is 325 g/mol. The average Bonchev–Trinajstić information content (AvgIpc) is 2.30. The van der Waals surface area contributed by atoms with Gasteiger partial charge in [0.1, 0.15) is 5.60 Å². The predicted octanol–water partition coefficient (Wildman–Crippen LogP) is 3.81. The maximum atomic E-state index is 12.3. The van der Waals surface area contributed by atoms with Crippen molar-refractivity contribution in [3.8, 4) is 0 Å². The first-order valence-electron chi connectivity index (χ1n) is 7.63. The van der Waals surface area contributed by atoms with Crippen molar-refractivity contribution in [3.05, 3.63) is 0 Å². The third-order valence-corrected chi connectivity index (χ3v) is 6.87. The fourth-order valence-corrected chi connectivity index (χ4v) is 5.31. The molecule has 0 radical (unpaired) electrons. The summed E-state index contributed by atoms with van der Waals surface area (Å²) >= 11 is 1.56. The predicted molar refractivity (Wildman–Crippen MR) is 89.5 cm³/mol. The fraction of sp³-hybridized carbons (Fsp3) is 0.929. The van der Waals surface area contributed by atoms with Gasteiger partial charge in [0.25, 0.3) is 0 Å². The lowest BCUT2D eigenvalue weighted by molar-refractivity contribution is 0.00214. The van der Waals surface area contributed by atoms with E-state index in [0.29, 0.717) is 37.7 Å². The molecule has 0 N–H and O–H groups in total. The van der Waals surface area contributed by atoms with Crippen LogP contribution in [0, 0.1) is 5.92 Å². The molecule has 0 bridgehead atoms. The van der Waals surface area contributed by atoms with Gasteiger partial charge in [-0.2, -0.15) is 0 Å². The van der Waals surface area contributed by atoms with Crippen LogP contribution in [0.1, 0.15) is 34.6 Å². The van der Waals surface area contributed by atoms with Crippen LogP contribution >= 0.6 is 19.4 Å². The molecule has 1 amide bonds. The van der Waals surface area contributed by atoms with Crippen LogP contribution in [-0.4, -0.2) is 54.1 Å². The molecule has 1 aliphatic rings. The van der Waals surface area contributed by atoms with Crippen molar-refractivity contribution in [3.63, 3.8) is 0 Å². The monoisotopic (exact) mass is 353 g/mol. The van der Waals surface area contributed by atoms with E-state index in [4.69, 9.17) is 13.8 Å². The molecule has 1 aliphatic heterocycles. The lowest BCUT2D eigenvalue weighted by Gasteiger charge is -2.39. The van der Waals surface area contributed by atoms with Crippen LogP contribution in [0.2, 0.25) is 0 Å². The standard InChI is InChI=1S/C14H28NO5PS/c1-6-18-21(17,19-7-2)11-22-10-12-8-15(9-12)13(16)20-14(3,4)5/h12H,6-11H2,1-5H3. The van der Waals surface area contributed by atoms with Gasteiger partial charge in [-0.05, 0) is 34.6 Å². The summed E-state index contributed by atoms with van der Waals surface area (Å²) in [4.78, 5) is 13.5. The summed E-state index contributed by atoms with van der Waals surface area (Å²) in [6.45, 7) is 11.3. The Morgan fingerprint density at radius 1 is 1.23 bits per heavy atom. The molecule has 0 atom stereocenters. The Labute approximate surface area is 137 Å². The normalized spacial score (nSPS) is 16.5. The summed E-state index contributed by atoms with van der Waals surface area (Å²) in [6, 6.07) is 0. The molecule has 1 fully saturated rings. The van der Waals surface area contributed by atoms with Gasteiger partial charge in [0, 0.05) is 24.8 Å². The third-order valence-electron chi connectivity index (χ3n) is 2.86. The van der Waals surface area contributed by atoms with Crippen molar-refractivity contribution < 1.29 is 23.1 Å². The molecule has 0 aromatic heterocycles. The second-order valence-corrected chi connectivity index (χ2v) is 9.71. The van der Waals surface area contributed by atoms with E-state index in [2.05, 4.69) is 0 Å². The topological polar surface area (TPSA) is 65.1 Å². The molecular formula is C14H28NO5PS. The minimum absolute atomic E-state index is 0.261. The minimum atomic E-state index is -2.97. The van der Waals surface area contributed by atoms with E-state index >= 15 is 0 Å². The number of hydrogen-bond acceptors (Lipinski definition) is 6. The number of nitrogens with zero attached hydrogens (tertiary/aromatic N) is 1. The van der Waals surface area contributed by atoms with Crippen LogP contribution in [0.3, 0.4) is 0 Å². The van der Waals surface area contributed by atoms with Crippen molar-refractivity contribution >= 4 is 25.5 Å². The largest absolute Gasteiger partial charge is 0.444 e. The molecule has 1 rings (SSSR count). The Bertz CT molecular complexity index is 397. The Morgan fingerprint density at radius 2 is 1.77 bits per heavy atom. The highest BCUT2D eigenvalue weighted by Gasteiger charge is 2.34. The quantitative estimate of drug-likeness (QED) is 0.618. The van der Waals surface area contributed by atoms with Crippen molar-refractivity contribution in [1.29, 1.82) is 0 Å². The van der Waals surface area contributed by atoms with E-state index in [1.54, 1.807) is 30.5 Å². The fourth-order valence-electron chi connectivity index (χ4n) is 1.99. The maximum absolute atomic E-state index is 12.3. The number of carbonyl (C=O) groups is 1. The van der Waals surface area contributed by atoms with Crippen LogP contribution in [0.5, 0.6) is 0 Å². The summed E-state index contributed by atoms with van der Waals surface area (Å²) in [6.07, 6.45) is -0.261. The molecule has 0 unspecified atom stereocenters. The Balaban J connectivity index is 2.24. The Hall–Kier alpha value is -0.230. The molecule has 130 valence electrons. The number of carbonyl (C=O) groups excluding carboxylic acids is 1. The summed E-state index contributed by atoms with van der Waals surface area (Å²) in [5.74, 6) is 1.25. The second-order valence-electron chi connectivity index (χ2n) is 6.20. The van der Waals surface area contributed by atoms with Gasteiger partial charge in [-0.25, -0.2) is 4.79 Å². The molecule has 0 aromatic rings. The van der Waals surface area contributed by atoms with E-state index in [1.165, 1.54) is 0 Å². The van der Waals surface area contributed by atoms with Crippen molar-refractivity contribution in [2.24, 2.45) is 5.92 Å². The average molecular weight is 353 g/mol. The number of rotatable bonds is 8. The summed E-state index contributed by atoms with van der Waals surface area (Å²) in [5, 5.41) is 0. The maximum Gasteiger partial charge on any atom is 0.410 e. The third kappa shape index (κ3) is 6.90. The van der Waals surface area contributed by atoms with E-state index in [1.807, 2.05) is 20.8 Å². The first-order valence-corrected chi connectivity index (χ1v) is 10.5. The molecule has 8 heteroatoms. The number of ether oxygens (including phenoxy) is 1. The Kier molecular flexibility index (Phi) is 7.72. The number of hydrogen-bond donors (Lipinski definition) is 0. The highest BCUT2D eigenvalue weighted by atomic mass is 32.2. The van der Waals surface area contributed by atoms with Crippen molar-refractivity contribution in [2.75, 3.05) is 37.6 Å². The molecule has 0 aliphatic carbocycles. The molecule has 1 saturated heterocycles. The molecule has 0 aromatic carbocycles. The zero-order valence-electron chi connectivity index (χ0n) is 14.2. The SMILES string of the molecule is CCOP(=O)(CSCC1CN(C(=O)OC(C)(C)C)C1)OCC. The molecule has 22 heavy (non-hydrogen) atoms. The van der Waals surface area contributed by atoms with Gasteiger partial charge in [-0.15, -0.1) is 11.8 Å². The molecule has 6 nitrogen and oxygen atoms in total. The van der Waals surface area contributed by atoms with E-state index in [0.717, 1.165) is 5.75 Å². The van der Waals surface area contributed by atoms with Gasteiger partial charge < -0.3 is 18.7 Å². The second kappa shape index (κ2) is 8.57. The zero-order chi connectivity index (χ0) is 16.8. The van der Waals surface area contributed by atoms with Gasteiger partial charge in [0.05, 0.1) is 18.7 Å². The van der Waals surface area contributed by atoms with Crippen LogP contribution < -0.4 is 0 Å². The number of likely N-dealkylation sites (tertiary alicyclic amines) is 1. The first kappa shape index (κ1) is 19.8. The van der Waals surface area contributed by atoms with E-state index < -0.39 is 13.2 Å². The number of amides is 1. The summed E-state index contributed by atoms with van der Waals surface area (Å²) in [5.41, 5.74) is -0.101.